The Balaban J connectivity index is 3.67. The van der Waals surface area contributed by atoms with Crippen molar-refractivity contribution in [2.75, 3.05) is 0 Å². The highest BCUT2D eigenvalue weighted by atomic mass is 14.1. The van der Waals surface area contributed by atoms with Crippen LogP contribution in [0.3, 0.4) is 0 Å². The summed E-state index contributed by atoms with van der Waals surface area (Å²) in [5.74, 6) is 0.833. The zero-order valence-electron chi connectivity index (χ0n) is 8.48. The third-order valence-electron chi connectivity index (χ3n) is 2.02. The Morgan fingerprint density at radius 3 is 2.27 bits per heavy atom. The van der Waals surface area contributed by atoms with Gasteiger partial charge in [0, 0.05) is 0 Å². The molecule has 0 aromatic heterocycles. The lowest BCUT2D eigenvalue weighted by Crippen LogP contribution is -1.94. The molecule has 11 heavy (non-hydrogen) atoms. The maximum atomic E-state index is 2.41. The van der Waals surface area contributed by atoms with E-state index in [2.05, 4.69) is 33.8 Å². The van der Waals surface area contributed by atoms with Gasteiger partial charge in [-0.05, 0) is 32.6 Å². The second kappa shape index (κ2) is 6.45. The van der Waals surface area contributed by atoms with Crippen LogP contribution in [0.15, 0.2) is 11.6 Å². The predicted octanol–water partition coefficient (Wildman–Crippen LogP) is 4.17. The van der Waals surface area contributed by atoms with Gasteiger partial charge in [0.15, 0.2) is 0 Å². The monoisotopic (exact) mass is 154 g/mol. The molecule has 0 bridgehead atoms. The Morgan fingerprint density at radius 1 is 1.27 bits per heavy atom. The summed E-state index contributed by atoms with van der Waals surface area (Å²) in [7, 11) is 0. The van der Waals surface area contributed by atoms with Crippen LogP contribution < -0.4 is 0 Å². The Labute approximate surface area is 71.7 Å². The molecule has 0 fully saturated rings. The highest BCUT2D eigenvalue weighted by Gasteiger charge is 2.00. The molecule has 66 valence electrons. The SMILES string of the molecule is CCCCC(C=C(C)C)CC. The number of rotatable bonds is 5. The third kappa shape index (κ3) is 6.15. The molecule has 0 aliphatic heterocycles. The smallest absolute Gasteiger partial charge is 0.0234 e. The fraction of sp³-hybridized carbons (Fsp3) is 0.818. The van der Waals surface area contributed by atoms with Crippen LogP contribution in [0.1, 0.15) is 53.4 Å². The van der Waals surface area contributed by atoms with Crippen LogP contribution in [-0.2, 0) is 0 Å². The van der Waals surface area contributed by atoms with Crippen molar-refractivity contribution in [2.45, 2.75) is 53.4 Å². The van der Waals surface area contributed by atoms with Crippen molar-refractivity contribution in [1.82, 2.24) is 0 Å². The summed E-state index contributed by atoms with van der Waals surface area (Å²) in [6.07, 6.45) is 7.79. The second-order valence-electron chi connectivity index (χ2n) is 3.55. The summed E-state index contributed by atoms with van der Waals surface area (Å²) >= 11 is 0. The van der Waals surface area contributed by atoms with Crippen LogP contribution in [0.5, 0.6) is 0 Å². The summed E-state index contributed by atoms with van der Waals surface area (Å²) in [5.41, 5.74) is 1.47. The van der Waals surface area contributed by atoms with Crippen LogP contribution >= 0.6 is 0 Å². The van der Waals surface area contributed by atoms with E-state index in [-0.39, 0.29) is 0 Å². The van der Waals surface area contributed by atoms with Crippen molar-refractivity contribution < 1.29 is 0 Å². The van der Waals surface area contributed by atoms with Crippen LogP contribution in [0.2, 0.25) is 0 Å². The van der Waals surface area contributed by atoms with Crippen molar-refractivity contribution in [3.63, 3.8) is 0 Å². The van der Waals surface area contributed by atoms with Gasteiger partial charge in [-0.2, -0.15) is 0 Å². The van der Waals surface area contributed by atoms with E-state index < -0.39 is 0 Å². The van der Waals surface area contributed by atoms with Gasteiger partial charge in [0.1, 0.15) is 0 Å². The second-order valence-corrected chi connectivity index (χ2v) is 3.55. The molecule has 0 saturated carbocycles. The molecule has 0 aromatic rings. The van der Waals surface area contributed by atoms with Crippen LogP contribution in [0, 0.1) is 5.92 Å². The molecule has 0 radical (unpaired) electrons. The largest absolute Gasteiger partial charge is 0.0828 e. The highest BCUT2D eigenvalue weighted by Crippen LogP contribution is 2.15. The first-order chi connectivity index (χ1) is 5.20. The zero-order chi connectivity index (χ0) is 8.69. The first-order valence-electron chi connectivity index (χ1n) is 4.85. The minimum absolute atomic E-state index is 0.833. The van der Waals surface area contributed by atoms with Crippen molar-refractivity contribution in [3.05, 3.63) is 11.6 Å². The molecule has 0 N–H and O–H groups in total. The van der Waals surface area contributed by atoms with Crippen molar-refractivity contribution in [3.8, 4) is 0 Å². The molecule has 0 saturated heterocycles. The van der Waals surface area contributed by atoms with Gasteiger partial charge in [-0.15, -0.1) is 0 Å². The number of unbranched alkanes of at least 4 members (excludes halogenated alkanes) is 1. The van der Waals surface area contributed by atoms with Gasteiger partial charge in [0.05, 0.1) is 0 Å². The van der Waals surface area contributed by atoms with E-state index >= 15 is 0 Å². The van der Waals surface area contributed by atoms with Gasteiger partial charge < -0.3 is 0 Å². The predicted molar refractivity (Wildman–Crippen MR) is 52.7 cm³/mol. The summed E-state index contributed by atoms with van der Waals surface area (Å²) < 4.78 is 0. The Kier molecular flexibility index (Phi) is 6.30. The molecular weight excluding hydrogens is 132 g/mol. The van der Waals surface area contributed by atoms with Gasteiger partial charge in [0.25, 0.3) is 0 Å². The highest BCUT2D eigenvalue weighted by molar-refractivity contribution is 4.96. The summed E-state index contributed by atoms with van der Waals surface area (Å²) in [6, 6.07) is 0. The van der Waals surface area contributed by atoms with E-state index in [4.69, 9.17) is 0 Å². The van der Waals surface area contributed by atoms with Crippen molar-refractivity contribution in [2.24, 2.45) is 5.92 Å². The Morgan fingerprint density at radius 2 is 1.91 bits per heavy atom. The lowest BCUT2D eigenvalue weighted by atomic mass is 9.97. The number of hydrogen-bond acceptors (Lipinski definition) is 0. The molecule has 1 atom stereocenters. The lowest BCUT2D eigenvalue weighted by molar-refractivity contribution is 0.537. The summed E-state index contributed by atoms with van der Waals surface area (Å²) in [4.78, 5) is 0. The maximum Gasteiger partial charge on any atom is -0.0234 e. The molecule has 0 amide bonds. The Hall–Kier alpha value is -0.260. The van der Waals surface area contributed by atoms with Gasteiger partial charge >= 0.3 is 0 Å². The third-order valence-corrected chi connectivity index (χ3v) is 2.02. The average Bonchev–Trinajstić information content (AvgIpc) is 1.97. The quantitative estimate of drug-likeness (QED) is 0.521. The molecule has 0 rings (SSSR count). The van der Waals surface area contributed by atoms with Crippen LogP contribution in [0.25, 0.3) is 0 Å². The molecule has 0 heterocycles. The van der Waals surface area contributed by atoms with E-state index in [1.807, 2.05) is 0 Å². The average molecular weight is 154 g/mol. The molecule has 0 aliphatic rings. The van der Waals surface area contributed by atoms with Crippen LogP contribution in [-0.4, -0.2) is 0 Å². The maximum absolute atomic E-state index is 2.41. The zero-order valence-corrected chi connectivity index (χ0v) is 8.48. The fourth-order valence-electron chi connectivity index (χ4n) is 1.34. The fourth-order valence-corrected chi connectivity index (χ4v) is 1.34. The van der Waals surface area contributed by atoms with Crippen molar-refractivity contribution in [1.29, 1.82) is 0 Å². The van der Waals surface area contributed by atoms with Gasteiger partial charge in [0.2, 0.25) is 0 Å². The molecule has 0 spiro atoms. The molecular formula is C11H22. The molecule has 1 unspecified atom stereocenters. The van der Waals surface area contributed by atoms with E-state index in [9.17, 15) is 0 Å². The topological polar surface area (TPSA) is 0 Å². The van der Waals surface area contributed by atoms with E-state index in [0.717, 1.165) is 5.92 Å². The van der Waals surface area contributed by atoms with Crippen molar-refractivity contribution >= 4 is 0 Å². The van der Waals surface area contributed by atoms with E-state index in [1.165, 1.54) is 31.3 Å². The number of allylic oxidation sites excluding steroid dienone is 2. The normalized spacial score (nSPS) is 12.7. The first-order valence-corrected chi connectivity index (χ1v) is 4.85. The Bertz CT molecular complexity index is 107. The first kappa shape index (κ1) is 10.7. The van der Waals surface area contributed by atoms with E-state index in [1.54, 1.807) is 0 Å². The minimum Gasteiger partial charge on any atom is -0.0828 e. The molecule has 0 nitrogen and oxygen atoms in total. The summed E-state index contributed by atoms with van der Waals surface area (Å²) in [5, 5.41) is 0. The van der Waals surface area contributed by atoms with Gasteiger partial charge in [-0.1, -0.05) is 38.3 Å². The minimum atomic E-state index is 0.833. The van der Waals surface area contributed by atoms with Gasteiger partial charge in [-0.25, -0.2) is 0 Å². The molecule has 0 aliphatic carbocycles. The molecule has 0 heteroatoms. The summed E-state index contributed by atoms with van der Waals surface area (Å²) in [6.45, 7) is 8.91. The number of hydrogen-bond donors (Lipinski definition) is 0. The molecule has 0 aromatic carbocycles. The lowest BCUT2D eigenvalue weighted by Gasteiger charge is -2.09. The standard InChI is InChI=1S/C11H22/c1-5-7-8-11(6-2)9-10(3)4/h9,11H,5-8H2,1-4H3. The van der Waals surface area contributed by atoms with E-state index in [0.29, 0.717) is 0 Å². The van der Waals surface area contributed by atoms with Crippen LogP contribution in [0.4, 0.5) is 0 Å². The van der Waals surface area contributed by atoms with Gasteiger partial charge in [-0.3, -0.25) is 0 Å².